The molecule has 1 aliphatic heterocycles. The van der Waals surface area contributed by atoms with E-state index >= 15 is 0 Å². The molecule has 4 rings (SSSR count). The lowest BCUT2D eigenvalue weighted by molar-refractivity contribution is -0.115. The lowest BCUT2D eigenvalue weighted by Gasteiger charge is -2.12. The van der Waals surface area contributed by atoms with Crippen LogP contribution >= 0.6 is 11.3 Å². The van der Waals surface area contributed by atoms with Crippen LogP contribution in [0.25, 0.3) is 0 Å². The van der Waals surface area contributed by atoms with E-state index in [1.807, 2.05) is 29.8 Å². The topological polar surface area (TPSA) is 104 Å². The Kier molecular flexibility index (Phi) is 4.58. The molecule has 1 aliphatic rings. The van der Waals surface area contributed by atoms with E-state index in [4.69, 9.17) is 0 Å². The minimum atomic E-state index is -3.62. The first-order chi connectivity index (χ1) is 12.9. The van der Waals surface area contributed by atoms with Crippen LogP contribution in [0.15, 0.2) is 46.0 Å². The zero-order valence-corrected chi connectivity index (χ0v) is 16.2. The average molecular weight is 403 g/mol. The molecule has 0 spiro atoms. The van der Waals surface area contributed by atoms with Crippen molar-refractivity contribution in [3.05, 3.63) is 63.5 Å². The van der Waals surface area contributed by atoms with Gasteiger partial charge in [-0.3, -0.25) is 15.2 Å². The van der Waals surface area contributed by atoms with Crippen LogP contribution in [-0.4, -0.2) is 24.5 Å². The Morgan fingerprint density at radius 1 is 1.37 bits per heavy atom. The maximum absolute atomic E-state index is 13.0. The molecule has 1 amide bonds. The number of carbonyl (C=O) groups excluding carboxylic acids is 1. The largest absolute Gasteiger partial charge is 0.309 e. The van der Waals surface area contributed by atoms with Gasteiger partial charge in [0.15, 0.2) is 21.0 Å². The second kappa shape index (κ2) is 6.91. The van der Waals surface area contributed by atoms with E-state index < -0.39 is 15.2 Å². The number of nitrogens with zero attached hydrogens (tertiary/aromatic N) is 1. The summed E-state index contributed by atoms with van der Waals surface area (Å²) in [6.45, 7) is 2.17. The first-order valence-corrected chi connectivity index (χ1v) is 10.9. The monoisotopic (exact) mass is 402 g/mol. The fourth-order valence-electron chi connectivity index (χ4n) is 3.12. The molecule has 3 heterocycles. The Labute approximate surface area is 160 Å². The molecule has 7 nitrogen and oxygen atoms in total. The number of aromatic nitrogens is 2. The van der Waals surface area contributed by atoms with Crippen LogP contribution in [0.4, 0.5) is 5.82 Å². The van der Waals surface area contributed by atoms with Gasteiger partial charge in [0, 0.05) is 12.1 Å². The van der Waals surface area contributed by atoms with Crippen molar-refractivity contribution in [1.29, 1.82) is 0 Å². The zero-order chi connectivity index (χ0) is 19.0. The number of rotatable bonds is 5. The molecular formula is C18H18N4O3S2. The number of thiophene rings is 1. The van der Waals surface area contributed by atoms with Gasteiger partial charge in [-0.15, -0.1) is 0 Å². The zero-order valence-electron chi connectivity index (χ0n) is 14.5. The minimum Gasteiger partial charge on any atom is -0.309 e. The molecule has 9 heteroatoms. The molecule has 2 aromatic heterocycles. The summed E-state index contributed by atoms with van der Waals surface area (Å²) in [5.41, 5.74) is 2.96. The minimum absolute atomic E-state index is 0.187. The SMILES string of the molecule is Cc1cccc(S(=O)(=O)C2NCc3c(NC(=O)Cc4ccsc4)n[nH]c32)c1. The molecule has 0 radical (unpaired) electrons. The number of H-pyrrole nitrogens is 1. The molecule has 140 valence electrons. The summed E-state index contributed by atoms with van der Waals surface area (Å²) in [5.74, 6) is 0.187. The number of benzene rings is 1. The van der Waals surface area contributed by atoms with Crippen molar-refractivity contribution >= 4 is 32.9 Å². The van der Waals surface area contributed by atoms with Gasteiger partial charge >= 0.3 is 0 Å². The second-order valence-corrected chi connectivity index (χ2v) is 9.26. The fourth-order valence-corrected chi connectivity index (χ4v) is 5.49. The van der Waals surface area contributed by atoms with E-state index in [0.29, 0.717) is 23.6 Å². The average Bonchev–Trinajstić information content (AvgIpc) is 3.34. The van der Waals surface area contributed by atoms with E-state index in [0.717, 1.165) is 11.1 Å². The molecule has 27 heavy (non-hydrogen) atoms. The summed E-state index contributed by atoms with van der Waals surface area (Å²) in [7, 11) is -3.62. The van der Waals surface area contributed by atoms with Gasteiger partial charge in [0.05, 0.1) is 17.0 Å². The molecule has 0 saturated heterocycles. The van der Waals surface area contributed by atoms with Gasteiger partial charge in [-0.25, -0.2) is 8.42 Å². The third-order valence-electron chi connectivity index (χ3n) is 4.46. The Bertz CT molecular complexity index is 1090. The van der Waals surface area contributed by atoms with Crippen molar-refractivity contribution in [1.82, 2.24) is 15.5 Å². The smallest absolute Gasteiger partial charge is 0.230 e. The van der Waals surface area contributed by atoms with Gasteiger partial charge in [-0.2, -0.15) is 16.4 Å². The van der Waals surface area contributed by atoms with Crippen molar-refractivity contribution in [2.75, 3.05) is 5.32 Å². The summed E-state index contributed by atoms with van der Waals surface area (Å²) in [4.78, 5) is 12.5. The van der Waals surface area contributed by atoms with Gasteiger partial charge in [-0.1, -0.05) is 12.1 Å². The maximum atomic E-state index is 13.0. The molecule has 0 fully saturated rings. The van der Waals surface area contributed by atoms with E-state index in [9.17, 15) is 13.2 Å². The van der Waals surface area contributed by atoms with Gasteiger partial charge < -0.3 is 5.32 Å². The summed E-state index contributed by atoms with van der Waals surface area (Å²) < 4.78 is 26.0. The van der Waals surface area contributed by atoms with Crippen molar-refractivity contribution in [3.8, 4) is 0 Å². The van der Waals surface area contributed by atoms with Gasteiger partial charge in [0.2, 0.25) is 5.91 Å². The lowest BCUT2D eigenvalue weighted by Crippen LogP contribution is -2.23. The van der Waals surface area contributed by atoms with Gasteiger partial charge in [-0.05, 0) is 47.0 Å². The van der Waals surface area contributed by atoms with Crippen molar-refractivity contribution < 1.29 is 13.2 Å². The van der Waals surface area contributed by atoms with E-state index in [1.54, 1.807) is 18.2 Å². The highest BCUT2D eigenvalue weighted by atomic mass is 32.2. The summed E-state index contributed by atoms with van der Waals surface area (Å²) >= 11 is 1.53. The first-order valence-electron chi connectivity index (χ1n) is 8.37. The Hall–Kier alpha value is -2.49. The Balaban J connectivity index is 1.56. The standard InChI is InChI=1S/C18H18N4O3S2/c1-11-3-2-4-13(7-11)27(24,25)18-16-14(9-19-18)17(22-21-16)20-15(23)8-12-5-6-26-10-12/h2-7,10,18-19H,8-9H2,1H3,(H2,20,21,22,23). The Morgan fingerprint density at radius 2 is 2.22 bits per heavy atom. The highest BCUT2D eigenvalue weighted by Crippen LogP contribution is 2.35. The first kappa shape index (κ1) is 17.9. The summed E-state index contributed by atoms with van der Waals surface area (Å²) in [5, 5.41) is 15.6. The number of amides is 1. The van der Waals surface area contributed by atoms with Crippen LogP contribution in [0.2, 0.25) is 0 Å². The fraction of sp³-hybridized carbons (Fsp3) is 0.222. The number of aryl methyl sites for hydroxylation is 1. The van der Waals surface area contributed by atoms with Crippen LogP contribution in [0.3, 0.4) is 0 Å². The molecule has 1 atom stereocenters. The molecule has 0 saturated carbocycles. The number of hydrogen-bond acceptors (Lipinski definition) is 6. The maximum Gasteiger partial charge on any atom is 0.230 e. The van der Waals surface area contributed by atoms with Crippen molar-refractivity contribution in [2.45, 2.75) is 30.2 Å². The molecule has 3 N–H and O–H groups in total. The number of nitrogens with one attached hydrogen (secondary N) is 3. The number of carbonyl (C=O) groups is 1. The molecule has 1 unspecified atom stereocenters. The number of anilines is 1. The molecule has 0 aliphatic carbocycles. The number of aromatic amines is 1. The molecular weight excluding hydrogens is 384 g/mol. The van der Waals surface area contributed by atoms with E-state index in [-0.39, 0.29) is 17.2 Å². The molecule has 3 aromatic rings. The van der Waals surface area contributed by atoms with Gasteiger partial charge in [0.25, 0.3) is 0 Å². The van der Waals surface area contributed by atoms with Crippen LogP contribution in [0.1, 0.15) is 27.8 Å². The Morgan fingerprint density at radius 3 is 2.96 bits per heavy atom. The van der Waals surface area contributed by atoms with Crippen molar-refractivity contribution in [2.24, 2.45) is 0 Å². The van der Waals surface area contributed by atoms with Crippen molar-refractivity contribution in [3.63, 3.8) is 0 Å². The predicted octanol–water partition coefficient (Wildman–Crippen LogP) is 2.54. The third-order valence-corrected chi connectivity index (χ3v) is 7.12. The van der Waals surface area contributed by atoms with E-state index in [2.05, 4.69) is 20.8 Å². The van der Waals surface area contributed by atoms with E-state index in [1.165, 1.54) is 11.3 Å². The van der Waals surface area contributed by atoms with Crippen LogP contribution in [-0.2, 0) is 27.6 Å². The number of fused-ring (bicyclic) bond motifs is 1. The predicted molar refractivity (Wildman–Crippen MR) is 103 cm³/mol. The van der Waals surface area contributed by atoms with Crippen LogP contribution in [0, 0.1) is 6.92 Å². The molecule has 1 aromatic carbocycles. The van der Waals surface area contributed by atoms with Crippen LogP contribution in [0.5, 0.6) is 0 Å². The quantitative estimate of drug-likeness (QED) is 0.608. The second-order valence-electron chi connectivity index (χ2n) is 6.44. The lowest BCUT2D eigenvalue weighted by atomic mass is 10.2. The summed E-state index contributed by atoms with van der Waals surface area (Å²) in [6, 6.07) is 8.70. The highest BCUT2D eigenvalue weighted by molar-refractivity contribution is 7.91. The summed E-state index contributed by atoms with van der Waals surface area (Å²) in [6.07, 6.45) is 0.254. The van der Waals surface area contributed by atoms with Crippen LogP contribution < -0.4 is 10.6 Å². The number of hydrogen-bond donors (Lipinski definition) is 3. The van der Waals surface area contributed by atoms with Gasteiger partial charge in [0.1, 0.15) is 0 Å². The normalized spacial score (nSPS) is 16.3. The molecule has 0 bridgehead atoms. The highest BCUT2D eigenvalue weighted by Gasteiger charge is 2.38. The number of sulfone groups is 1. The third kappa shape index (κ3) is 3.41.